The largest absolute Gasteiger partial charge is 0.493 e. The maximum Gasteiger partial charge on any atom is 0.269 e. The SMILES string of the molecule is COc1ccc2c(c1OC)CCN(S(=O)(=O)c1ccc(C)cc1)C2c1ccc([N+](=O)[O-])cc1. The van der Waals surface area contributed by atoms with Crippen molar-refractivity contribution in [2.75, 3.05) is 20.8 Å². The van der Waals surface area contributed by atoms with Crippen LogP contribution in [0.15, 0.2) is 65.6 Å². The van der Waals surface area contributed by atoms with Gasteiger partial charge in [-0.25, -0.2) is 8.42 Å². The molecule has 0 aromatic heterocycles. The molecule has 0 saturated carbocycles. The highest BCUT2D eigenvalue weighted by molar-refractivity contribution is 7.89. The lowest BCUT2D eigenvalue weighted by Gasteiger charge is -2.37. The minimum Gasteiger partial charge on any atom is -0.493 e. The van der Waals surface area contributed by atoms with Crippen LogP contribution < -0.4 is 9.47 Å². The zero-order valence-corrected chi connectivity index (χ0v) is 19.3. The van der Waals surface area contributed by atoms with Crippen LogP contribution in [0, 0.1) is 17.0 Å². The van der Waals surface area contributed by atoms with E-state index in [1.807, 2.05) is 13.0 Å². The molecule has 0 radical (unpaired) electrons. The van der Waals surface area contributed by atoms with Crippen LogP contribution in [0.4, 0.5) is 5.69 Å². The van der Waals surface area contributed by atoms with Crippen molar-refractivity contribution in [3.63, 3.8) is 0 Å². The Balaban J connectivity index is 1.90. The fourth-order valence-corrected chi connectivity index (χ4v) is 5.85. The second kappa shape index (κ2) is 8.84. The number of aryl methyl sites for hydroxylation is 1. The van der Waals surface area contributed by atoms with Crippen molar-refractivity contribution in [1.29, 1.82) is 0 Å². The average molecular weight is 469 g/mol. The summed E-state index contributed by atoms with van der Waals surface area (Å²) in [5, 5.41) is 11.1. The van der Waals surface area contributed by atoms with Gasteiger partial charge in [0.05, 0.1) is 30.1 Å². The number of sulfonamides is 1. The first-order chi connectivity index (χ1) is 15.8. The number of hydrogen-bond acceptors (Lipinski definition) is 6. The highest BCUT2D eigenvalue weighted by Crippen LogP contribution is 2.45. The van der Waals surface area contributed by atoms with Crippen molar-refractivity contribution >= 4 is 15.7 Å². The summed E-state index contributed by atoms with van der Waals surface area (Å²) in [6, 6.07) is 15.6. The van der Waals surface area contributed by atoms with Crippen molar-refractivity contribution in [1.82, 2.24) is 4.31 Å². The summed E-state index contributed by atoms with van der Waals surface area (Å²) in [7, 11) is -0.752. The number of nitrogens with zero attached hydrogens (tertiary/aromatic N) is 2. The van der Waals surface area contributed by atoms with Crippen LogP contribution in [0.2, 0.25) is 0 Å². The quantitative estimate of drug-likeness (QED) is 0.396. The topological polar surface area (TPSA) is 99.0 Å². The summed E-state index contributed by atoms with van der Waals surface area (Å²) in [5.74, 6) is 1.13. The van der Waals surface area contributed by atoms with E-state index in [4.69, 9.17) is 9.47 Å². The zero-order chi connectivity index (χ0) is 23.8. The van der Waals surface area contributed by atoms with Gasteiger partial charge >= 0.3 is 0 Å². The molecular formula is C24H24N2O6S. The van der Waals surface area contributed by atoms with E-state index in [1.165, 1.54) is 16.4 Å². The van der Waals surface area contributed by atoms with Gasteiger partial charge in [0, 0.05) is 24.2 Å². The minimum absolute atomic E-state index is 0.0602. The number of rotatable bonds is 6. The van der Waals surface area contributed by atoms with Gasteiger partial charge in [0.15, 0.2) is 11.5 Å². The first kappa shape index (κ1) is 22.8. The van der Waals surface area contributed by atoms with Gasteiger partial charge in [0.1, 0.15) is 0 Å². The molecule has 0 amide bonds. The summed E-state index contributed by atoms with van der Waals surface area (Å²) >= 11 is 0. The number of benzene rings is 3. The van der Waals surface area contributed by atoms with Gasteiger partial charge < -0.3 is 9.47 Å². The smallest absolute Gasteiger partial charge is 0.269 e. The van der Waals surface area contributed by atoms with E-state index in [0.29, 0.717) is 23.5 Å². The third-order valence-electron chi connectivity index (χ3n) is 5.90. The zero-order valence-electron chi connectivity index (χ0n) is 18.5. The summed E-state index contributed by atoms with van der Waals surface area (Å²) in [6.07, 6.45) is 0.435. The number of nitro benzene ring substituents is 1. The van der Waals surface area contributed by atoms with Gasteiger partial charge in [-0.1, -0.05) is 35.9 Å². The maximum atomic E-state index is 13.7. The normalized spacial score (nSPS) is 16.2. The minimum atomic E-state index is -3.85. The number of nitro groups is 1. The molecule has 33 heavy (non-hydrogen) atoms. The van der Waals surface area contributed by atoms with Crippen molar-refractivity contribution in [3.05, 3.63) is 93.0 Å². The van der Waals surface area contributed by atoms with Crippen LogP contribution in [0.5, 0.6) is 11.5 Å². The molecule has 1 aliphatic heterocycles. The molecule has 0 aliphatic carbocycles. The average Bonchev–Trinajstić information content (AvgIpc) is 2.82. The van der Waals surface area contributed by atoms with E-state index in [0.717, 1.165) is 16.7 Å². The van der Waals surface area contributed by atoms with Crippen molar-refractivity contribution in [2.24, 2.45) is 0 Å². The van der Waals surface area contributed by atoms with Crippen molar-refractivity contribution < 1.29 is 22.8 Å². The van der Waals surface area contributed by atoms with E-state index in [1.54, 1.807) is 56.7 Å². The number of methoxy groups -OCH3 is 2. The maximum absolute atomic E-state index is 13.7. The summed E-state index contributed by atoms with van der Waals surface area (Å²) in [6.45, 7) is 2.11. The standard InChI is InChI=1S/C24H24N2O6S/c1-16-4-10-19(11-5-16)33(29,30)25-15-14-21-20(12-13-22(31-2)24(21)32-3)23(25)17-6-8-18(9-7-17)26(27)28/h4-13,23H,14-15H2,1-3H3. The highest BCUT2D eigenvalue weighted by Gasteiger charge is 2.39. The first-order valence-corrected chi connectivity index (χ1v) is 11.8. The second-order valence-corrected chi connectivity index (χ2v) is 9.69. The number of non-ortho nitro benzene ring substituents is 1. The van der Waals surface area contributed by atoms with Gasteiger partial charge in [-0.3, -0.25) is 10.1 Å². The molecule has 1 aliphatic rings. The fourth-order valence-electron chi connectivity index (χ4n) is 4.26. The number of ether oxygens (including phenoxy) is 2. The molecule has 0 spiro atoms. The van der Waals surface area contributed by atoms with Gasteiger partial charge in [-0.2, -0.15) is 4.31 Å². The van der Waals surface area contributed by atoms with Crippen molar-refractivity contribution in [2.45, 2.75) is 24.3 Å². The lowest BCUT2D eigenvalue weighted by molar-refractivity contribution is -0.384. The molecule has 3 aromatic rings. The molecule has 3 aromatic carbocycles. The molecule has 1 unspecified atom stereocenters. The Bertz CT molecular complexity index is 1290. The molecule has 0 fully saturated rings. The second-order valence-electron chi connectivity index (χ2n) is 7.80. The van der Waals surface area contributed by atoms with Crippen LogP contribution in [-0.4, -0.2) is 38.4 Å². The van der Waals surface area contributed by atoms with Gasteiger partial charge in [0.25, 0.3) is 5.69 Å². The van der Waals surface area contributed by atoms with Gasteiger partial charge in [0.2, 0.25) is 10.0 Å². The summed E-state index contributed by atoms with van der Waals surface area (Å²) in [5.41, 5.74) is 3.14. The van der Waals surface area contributed by atoms with E-state index in [-0.39, 0.29) is 17.1 Å². The van der Waals surface area contributed by atoms with Crippen molar-refractivity contribution in [3.8, 4) is 11.5 Å². The molecule has 172 valence electrons. The van der Waals surface area contributed by atoms with Gasteiger partial charge in [-0.05, 0) is 42.7 Å². The van der Waals surface area contributed by atoms with Crippen LogP contribution in [0.1, 0.15) is 28.3 Å². The molecular weight excluding hydrogens is 444 g/mol. The molecule has 0 N–H and O–H groups in total. The summed E-state index contributed by atoms with van der Waals surface area (Å²) in [4.78, 5) is 10.9. The Hall–Kier alpha value is -3.43. The fraction of sp³-hybridized carbons (Fsp3) is 0.250. The Labute approximate surface area is 192 Å². The van der Waals surface area contributed by atoms with Crippen LogP contribution in [-0.2, 0) is 16.4 Å². The Morgan fingerprint density at radius 1 is 0.970 bits per heavy atom. The van der Waals surface area contributed by atoms with Crippen LogP contribution in [0.3, 0.4) is 0 Å². The Morgan fingerprint density at radius 2 is 1.64 bits per heavy atom. The Kier molecular flexibility index (Phi) is 6.09. The molecule has 1 atom stereocenters. The predicted octanol–water partition coefficient (Wildman–Crippen LogP) is 4.26. The van der Waals surface area contributed by atoms with E-state index < -0.39 is 21.0 Å². The third kappa shape index (κ3) is 4.05. The van der Waals surface area contributed by atoms with Gasteiger partial charge in [-0.15, -0.1) is 0 Å². The highest BCUT2D eigenvalue weighted by atomic mass is 32.2. The monoisotopic (exact) mass is 468 g/mol. The van der Waals surface area contributed by atoms with Crippen LogP contribution in [0.25, 0.3) is 0 Å². The predicted molar refractivity (Wildman–Crippen MR) is 123 cm³/mol. The van der Waals surface area contributed by atoms with Crippen LogP contribution >= 0.6 is 0 Å². The summed E-state index contributed by atoms with van der Waals surface area (Å²) < 4.78 is 39.9. The lowest BCUT2D eigenvalue weighted by atomic mass is 9.89. The Morgan fingerprint density at radius 3 is 2.21 bits per heavy atom. The third-order valence-corrected chi connectivity index (χ3v) is 7.78. The first-order valence-electron chi connectivity index (χ1n) is 10.3. The molecule has 9 heteroatoms. The molecule has 8 nitrogen and oxygen atoms in total. The number of hydrogen-bond donors (Lipinski definition) is 0. The molecule has 1 heterocycles. The van der Waals surface area contributed by atoms with E-state index >= 15 is 0 Å². The molecule has 0 bridgehead atoms. The van der Waals surface area contributed by atoms with E-state index in [2.05, 4.69) is 0 Å². The number of fused-ring (bicyclic) bond motifs is 1. The molecule has 4 rings (SSSR count). The molecule has 0 saturated heterocycles. The lowest BCUT2D eigenvalue weighted by Crippen LogP contribution is -2.40. The van der Waals surface area contributed by atoms with E-state index in [9.17, 15) is 18.5 Å².